The molecule has 1 saturated carbocycles. The van der Waals surface area contributed by atoms with Crippen LogP contribution in [0.25, 0.3) is 0 Å². The molecule has 0 atom stereocenters. The van der Waals surface area contributed by atoms with E-state index in [9.17, 15) is 4.79 Å². The van der Waals surface area contributed by atoms with Gasteiger partial charge in [0.2, 0.25) is 0 Å². The Hall–Kier alpha value is -2.57. The fourth-order valence-electron chi connectivity index (χ4n) is 2.87. The fraction of sp³-hybridized carbons (Fsp3) is 0.438. The van der Waals surface area contributed by atoms with Crippen molar-refractivity contribution in [3.8, 4) is 0 Å². The highest BCUT2D eigenvalue weighted by Gasteiger charge is 2.26. The van der Waals surface area contributed by atoms with Crippen molar-refractivity contribution in [1.29, 1.82) is 0 Å². The van der Waals surface area contributed by atoms with Crippen molar-refractivity contribution in [2.45, 2.75) is 31.7 Å². The molecule has 0 radical (unpaired) electrons. The molecule has 0 bridgehead atoms. The maximum atomic E-state index is 12.6. The highest BCUT2D eigenvalue weighted by atomic mass is 16.2. The van der Waals surface area contributed by atoms with Gasteiger partial charge < -0.3 is 10.2 Å². The minimum Gasteiger partial charge on any atom is -0.367 e. The molecular weight excluding hydrogens is 292 g/mol. The Morgan fingerprint density at radius 3 is 2.83 bits per heavy atom. The molecule has 23 heavy (non-hydrogen) atoms. The van der Waals surface area contributed by atoms with E-state index in [0.29, 0.717) is 24.7 Å². The van der Waals surface area contributed by atoms with Crippen molar-refractivity contribution < 1.29 is 4.79 Å². The lowest BCUT2D eigenvalue weighted by atomic mass is 10.1. The molecule has 2 aromatic heterocycles. The maximum absolute atomic E-state index is 12.6. The average molecular weight is 310 g/mol. The number of aromatic nitrogens is 4. The smallest absolute Gasteiger partial charge is 0.255 e. The normalized spacial score (nSPS) is 17.3. The van der Waals surface area contributed by atoms with Gasteiger partial charge in [0.05, 0.1) is 23.7 Å². The van der Waals surface area contributed by atoms with E-state index in [1.165, 1.54) is 19.0 Å². The van der Waals surface area contributed by atoms with Gasteiger partial charge in [0.15, 0.2) is 0 Å². The van der Waals surface area contributed by atoms with Gasteiger partial charge in [-0.15, -0.1) is 0 Å². The van der Waals surface area contributed by atoms with Crippen LogP contribution >= 0.6 is 0 Å². The lowest BCUT2D eigenvalue weighted by Crippen LogP contribution is -2.33. The quantitative estimate of drug-likeness (QED) is 0.913. The molecule has 118 valence electrons. The average Bonchev–Trinajstić information content (AvgIpc) is 3.42. The number of fused-ring (bicyclic) bond motifs is 1. The van der Waals surface area contributed by atoms with E-state index in [1.54, 1.807) is 18.6 Å². The third-order valence-electron chi connectivity index (χ3n) is 4.32. The molecule has 1 amide bonds. The van der Waals surface area contributed by atoms with Crippen molar-refractivity contribution in [2.75, 3.05) is 18.4 Å². The molecule has 1 fully saturated rings. The number of nitrogens with one attached hydrogen (secondary N) is 1. The topological polar surface area (TPSA) is 83.9 Å². The summed E-state index contributed by atoms with van der Waals surface area (Å²) in [6, 6.07) is 2.26. The van der Waals surface area contributed by atoms with Gasteiger partial charge in [-0.25, -0.2) is 9.97 Å². The number of carbonyl (C=O) groups is 1. The van der Waals surface area contributed by atoms with Gasteiger partial charge >= 0.3 is 0 Å². The summed E-state index contributed by atoms with van der Waals surface area (Å²) in [5.74, 6) is 0.940. The zero-order chi connectivity index (χ0) is 15.6. The van der Waals surface area contributed by atoms with E-state index >= 15 is 0 Å². The van der Waals surface area contributed by atoms with Gasteiger partial charge in [-0.1, -0.05) is 0 Å². The Balaban J connectivity index is 1.53. The predicted molar refractivity (Wildman–Crippen MR) is 84.0 cm³/mol. The molecule has 7 nitrogen and oxygen atoms in total. The summed E-state index contributed by atoms with van der Waals surface area (Å²) in [7, 11) is 0. The highest BCUT2D eigenvalue weighted by molar-refractivity contribution is 5.93. The second-order valence-corrected chi connectivity index (χ2v) is 5.99. The van der Waals surface area contributed by atoms with Crippen LogP contribution in [0, 0.1) is 0 Å². The van der Waals surface area contributed by atoms with Crippen molar-refractivity contribution in [3.05, 3.63) is 41.6 Å². The number of hydrogen-bond acceptors (Lipinski definition) is 6. The Kier molecular flexibility index (Phi) is 3.61. The van der Waals surface area contributed by atoms with E-state index in [4.69, 9.17) is 0 Å². The Bertz CT molecular complexity index is 716. The van der Waals surface area contributed by atoms with E-state index in [1.807, 2.05) is 4.90 Å². The van der Waals surface area contributed by atoms with Crippen LogP contribution in [-0.4, -0.2) is 50.1 Å². The molecule has 1 aliphatic heterocycles. The molecule has 3 heterocycles. The predicted octanol–water partition coefficient (Wildman–Crippen LogP) is 1.08. The number of rotatable bonds is 3. The molecular formula is C16H18N6O. The van der Waals surface area contributed by atoms with Crippen LogP contribution in [0.3, 0.4) is 0 Å². The number of anilines is 1. The molecule has 0 spiro atoms. The summed E-state index contributed by atoms with van der Waals surface area (Å²) in [6.07, 6.45) is 8.62. The van der Waals surface area contributed by atoms with Crippen molar-refractivity contribution >= 4 is 11.7 Å². The molecule has 1 N–H and O–H groups in total. The van der Waals surface area contributed by atoms with Gasteiger partial charge in [-0.2, -0.15) is 10.2 Å². The fourth-order valence-corrected chi connectivity index (χ4v) is 2.87. The molecule has 2 aliphatic rings. The summed E-state index contributed by atoms with van der Waals surface area (Å²) in [5.41, 5.74) is 2.78. The first-order valence-electron chi connectivity index (χ1n) is 7.96. The summed E-state index contributed by atoms with van der Waals surface area (Å²) in [5, 5.41) is 11.0. The first-order valence-corrected chi connectivity index (χ1v) is 7.96. The highest BCUT2D eigenvalue weighted by Crippen LogP contribution is 2.27. The van der Waals surface area contributed by atoms with Gasteiger partial charge in [-0.3, -0.25) is 4.79 Å². The van der Waals surface area contributed by atoms with Crippen LogP contribution in [0.5, 0.6) is 0 Å². The Morgan fingerprint density at radius 2 is 2.04 bits per heavy atom. The summed E-state index contributed by atoms with van der Waals surface area (Å²) in [6.45, 7) is 1.33. The Labute approximate surface area is 134 Å². The van der Waals surface area contributed by atoms with Crippen LogP contribution in [-0.2, 0) is 12.8 Å². The van der Waals surface area contributed by atoms with E-state index in [-0.39, 0.29) is 5.91 Å². The van der Waals surface area contributed by atoms with Gasteiger partial charge in [0.1, 0.15) is 12.1 Å². The summed E-state index contributed by atoms with van der Waals surface area (Å²) >= 11 is 0. The zero-order valence-electron chi connectivity index (χ0n) is 12.8. The molecule has 0 aromatic carbocycles. The van der Waals surface area contributed by atoms with Crippen LogP contribution in [0.1, 0.15) is 34.5 Å². The number of hydrogen-bond donors (Lipinski definition) is 1. The van der Waals surface area contributed by atoms with Crippen LogP contribution < -0.4 is 5.32 Å². The summed E-state index contributed by atoms with van der Waals surface area (Å²) in [4.78, 5) is 23.3. The Morgan fingerprint density at radius 1 is 1.17 bits per heavy atom. The standard InChI is InChI=1S/C16H18N6O/c23-16(11-3-6-19-20-9-11)22-7-4-13-14(5-8-22)17-10-18-15(13)21-12-1-2-12/h3,6,9-10,12H,1-2,4-5,7-8H2,(H,17,18,21). The van der Waals surface area contributed by atoms with Crippen molar-refractivity contribution in [3.63, 3.8) is 0 Å². The monoisotopic (exact) mass is 310 g/mol. The zero-order valence-corrected chi connectivity index (χ0v) is 12.8. The first kappa shape index (κ1) is 14.0. The molecule has 1 aliphatic carbocycles. The van der Waals surface area contributed by atoms with Gasteiger partial charge in [0.25, 0.3) is 5.91 Å². The molecule has 0 saturated heterocycles. The molecule has 4 rings (SSSR count). The lowest BCUT2D eigenvalue weighted by Gasteiger charge is -2.19. The largest absolute Gasteiger partial charge is 0.367 e. The van der Waals surface area contributed by atoms with Crippen molar-refractivity contribution in [2.24, 2.45) is 0 Å². The minimum atomic E-state index is -0.00244. The van der Waals surface area contributed by atoms with Crippen molar-refractivity contribution in [1.82, 2.24) is 25.1 Å². The third kappa shape index (κ3) is 2.99. The van der Waals surface area contributed by atoms with Crippen LogP contribution in [0.15, 0.2) is 24.8 Å². The first-order chi connectivity index (χ1) is 11.3. The van der Waals surface area contributed by atoms with E-state index < -0.39 is 0 Å². The molecule has 2 aromatic rings. The molecule has 0 unspecified atom stereocenters. The minimum absolute atomic E-state index is 0.00244. The van der Waals surface area contributed by atoms with E-state index in [2.05, 4.69) is 25.5 Å². The maximum Gasteiger partial charge on any atom is 0.255 e. The second kappa shape index (κ2) is 5.91. The van der Waals surface area contributed by atoms with Crippen LogP contribution in [0.4, 0.5) is 5.82 Å². The van der Waals surface area contributed by atoms with Gasteiger partial charge in [0, 0.05) is 31.1 Å². The third-order valence-corrected chi connectivity index (χ3v) is 4.32. The van der Waals surface area contributed by atoms with Crippen LogP contribution in [0.2, 0.25) is 0 Å². The lowest BCUT2D eigenvalue weighted by molar-refractivity contribution is 0.0762. The summed E-state index contributed by atoms with van der Waals surface area (Å²) < 4.78 is 0. The number of carbonyl (C=O) groups excluding carboxylic acids is 1. The SMILES string of the molecule is O=C(c1ccnnc1)N1CCc2ncnc(NC3CC3)c2CC1. The molecule has 7 heteroatoms. The number of nitrogens with zero attached hydrogens (tertiary/aromatic N) is 5. The number of amides is 1. The second-order valence-electron chi connectivity index (χ2n) is 5.99. The van der Waals surface area contributed by atoms with Gasteiger partial charge in [-0.05, 0) is 25.3 Å². The van der Waals surface area contributed by atoms with E-state index in [0.717, 1.165) is 29.9 Å².